The second kappa shape index (κ2) is 5.43. The van der Waals surface area contributed by atoms with Gasteiger partial charge in [0.25, 0.3) is 0 Å². The Morgan fingerprint density at radius 1 is 1.29 bits per heavy atom. The molecule has 0 aliphatic rings. The summed E-state index contributed by atoms with van der Waals surface area (Å²) in [6.07, 6.45) is 2.70. The third-order valence-corrected chi connectivity index (χ3v) is 2.44. The van der Waals surface area contributed by atoms with Crippen molar-refractivity contribution < 1.29 is 4.39 Å². The zero-order valence-corrected chi connectivity index (χ0v) is 9.73. The average Bonchev–Trinajstić information content (AvgIpc) is 2.77. The molecule has 2 rings (SSSR count). The Kier molecular flexibility index (Phi) is 3.69. The summed E-state index contributed by atoms with van der Waals surface area (Å²) in [4.78, 5) is 0. The van der Waals surface area contributed by atoms with Gasteiger partial charge in [0, 0.05) is 13.1 Å². The Hall–Kier alpha value is -1.91. The summed E-state index contributed by atoms with van der Waals surface area (Å²) in [6, 6.07) is 6.43. The van der Waals surface area contributed by atoms with Gasteiger partial charge >= 0.3 is 0 Å². The molecule has 0 saturated carbocycles. The lowest BCUT2D eigenvalue weighted by Crippen LogP contribution is -2.07. The van der Waals surface area contributed by atoms with Crippen LogP contribution in [0, 0.1) is 5.82 Å². The summed E-state index contributed by atoms with van der Waals surface area (Å²) in [7, 11) is 0. The van der Waals surface area contributed by atoms with Crippen molar-refractivity contribution >= 4 is 5.82 Å². The molecule has 0 fully saturated rings. The van der Waals surface area contributed by atoms with Crippen LogP contribution in [-0.2, 0) is 13.1 Å². The minimum absolute atomic E-state index is 0.216. The maximum absolute atomic E-state index is 12.7. The first-order valence-corrected chi connectivity index (χ1v) is 5.66. The summed E-state index contributed by atoms with van der Waals surface area (Å²) in [5, 5.41) is 11.1. The van der Waals surface area contributed by atoms with Gasteiger partial charge in [-0.1, -0.05) is 24.3 Å². The first-order chi connectivity index (χ1) is 8.29. The SMILES string of the molecule is CCCn1nncc1NCc1ccc(F)cc1. The summed E-state index contributed by atoms with van der Waals surface area (Å²) >= 11 is 0. The molecule has 0 saturated heterocycles. The Labute approximate surface area is 99.5 Å². The molecule has 2 aromatic rings. The molecular formula is C12H15FN4. The number of anilines is 1. The third kappa shape index (κ3) is 3.03. The highest BCUT2D eigenvalue weighted by Gasteiger charge is 2.02. The zero-order chi connectivity index (χ0) is 12.1. The number of hydrogen-bond acceptors (Lipinski definition) is 3. The molecule has 5 heteroatoms. The molecule has 17 heavy (non-hydrogen) atoms. The highest BCUT2D eigenvalue weighted by molar-refractivity contribution is 5.32. The van der Waals surface area contributed by atoms with Gasteiger partial charge in [-0.05, 0) is 24.1 Å². The van der Waals surface area contributed by atoms with Crippen LogP contribution in [0.1, 0.15) is 18.9 Å². The minimum atomic E-state index is -0.216. The standard InChI is InChI=1S/C12H15FN4/c1-2-7-17-12(9-15-16-17)14-8-10-3-5-11(13)6-4-10/h3-6,9,14H,2,7-8H2,1H3. The number of halogens is 1. The van der Waals surface area contributed by atoms with E-state index >= 15 is 0 Å². The fourth-order valence-electron chi connectivity index (χ4n) is 1.57. The second-order valence-corrected chi connectivity index (χ2v) is 3.82. The van der Waals surface area contributed by atoms with Crippen molar-refractivity contribution in [1.29, 1.82) is 0 Å². The summed E-state index contributed by atoms with van der Waals surface area (Å²) in [5.74, 6) is 0.669. The van der Waals surface area contributed by atoms with E-state index in [4.69, 9.17) is 0 Å². The number of aryl methyl sites for hydroxylation is 1. The van der Waals surface area contributed by atoms with Gasteiger partial charge in [-0.2, -0.15) is 0 Å². The first kappa shape index (κ1) is 11.6. The van der Waals surface area contributed by atoms with Crippen molar-refractivity contribution in [3.63, 3.8) is 0 Å². The summed E-state index contributed by atoms with van der Waals surface area (Å²) < 4.78 is 14.5. The smallest absolute Gasteiger partial charge is 0.145 e. The van der Waals surface area contributed by atoms with Crippen molar-refractivity contribution in [1.82, 2.24) is 15.0 Å². The molecule has 0 unspecified atom stereocenters. The molecule has 0 bridgehead atoms. The van der Waals surface area contributed by atoms with Crippen molar-refractivity contribution in [3.05, 3.63) is 41.8 Å². The molecule has 0 radical (unpaired) electrons. The average molecular weight is 234 g/mol. The third-order valence-electron chi connectivity index (χ3n) is 2.44. The van der Waals surface area contributed by atoms with Crippen LogP contribution in [0.5, 0.6) is 0 Å². The largest absolute Gasteiger partial charge is 0.365 e. The van der Waals surface area contributed by atoms with Crippen LogP contribution in [0.4, 0.5) is 10.2 Å². The van der Waals surface area contributed by atoms with Gasteiger partial charge in [0.05, 0.1) is 6.20 Å². The first-order valence-electron chi connectivity index (χ1n) is 5.66. The van der Waals surface area contributed by atoms with E-state index in [0.717, 1.165) is 24.3 Å². The van der Waals surface area contributed by atoms with E-state index < -0.39 is 0 Å². The predicted molar refractivity (Wildman–Crippen MR) is 64.0 cm³/mol. The quantitative estimate of drug-likeness (QED) is 0.864. The molecule has 0 spiro atoms. The molecule has 0 atom stereocenters. The van der Waals surface area contributed by atoms with Gasteiger partial charge in [0.2, 0.25) is 0 Å². The van der Waals surface area contributed by atoms with E-state index in [1.165, 1.54) is 12.1 Å². The monoisotopic (exact) mass is 234 g/mol. The lowest BCUT2D eigenvalue weighted by molar-refractivity contribution is 0.583. The van der Waals surface area contributed by atoms with E-state index in [0.29, 0.717) is 6.54 Å². The van der Waals surface area contributed by atoms with Gasteiger partial charge in [-0.25, -0.2) is 9.07 Å². The zero-order valence-electron chi connectivity index (χ0n) is 9.73. The lowest BCUT2D eigenvalue weighted by atomic mass is 10.2. The highest BCUT2D eigenvalue weighted by Crippen LogP contribution is 2.08. The van der Waals surface area contributed by atoms with Crippen LogP contribution in [0.3, 0.4) is 0 Å². The van der Waals surface area contributed by atoms with Gasteiger partial charge in [-0.3, -0.25) is 0 Å². The fourth-order valence-corrected chi connectivity index (χ4v) is 1.57. The van der Waals surface area contributed by atoms with Gasteiger partial charge in [0.1, 0.15) is 11.6 Å². The van der Waals surface area contributed by atoms with Crippen molar-refractivity contribution in [3.8, 4) is 0 Å². The molecule has 1 heterocycles. The Morgan fingerprint density at radius 2 is 2.06 bits per heavy atom. The van der Waals surface area contributed by atoms with Gasteiger partial charge in [0.15, 0.2) is 0 Å². The van der Waals surface area contributed by atoms with Crippen molar-refractivity contribution in [2.75, 3.05) is 5.32 Å². The van der Waals surface area contributed by atoms with Gasteiger partial charge in [-0.15, -0.1) is 5.10 Å². The number of rotatable bonds is 5. The Morgan fingerprint density at radius 3 is 2.76 bits per heavy atom. The lowest BCUT2D eigenvalue weighted by Gasteiger charge is -2.07. The topological polar surface area (TPSA) is 42.7 Å². The van der Waals surface area contributed by atoms with Crippen LogP contribution >= 0.6 is 0 Å². The van der Waals surface area contributed by atoms with Crippen LogP contribution in [0.25, 0.3) is 0 Å². The van der Waals surface area contributed by atoms with E-state index in [-0.39, 0.29) is 5.82 Å². The number of hydrogen-bond donors (Lipinski definition) is 1. The Bertz CT molecular complexity index is 464. The summed E-state index contributed by atoms with van der Waals surface area (Å²) in [6.45, 7) is 3.56. The van der Waals surface area contributed by atoms with E-state index in [9.17, 15) is 4.39 Å². The van der Waals surface area contributed by atoms with E-state index in [2.05, 4.69) is 22.6 Å². The second-order valence-electron chi connectivity index (χ2n) is 3.82. The van der Waals surface area contributed by atoms with Crippen LogP contribution in [-0.4, -0.2) is 15.0 Å². The van der Waals surface area contributed by atoms with E-state index in [1.807, 2.05) is 4.68 Å². The van der Waals surface area contributed by atoms with Crippen molar-refractivity contribution in [2.45, 2.75) is 26.4 Å². The summed E-state index contributed by atoms with van der Waals surface area (Å²) in [5.41, 5.74) is 1.02. The van der Waals surface area contributed by atoms with Crippen LogP contribution < -0.4 is 5.32 Å². The number of nitrogens with zero attached hydrogens (tertiary/aromatic N) is 3. The maximum atomic E-state index is 12.7. The number of benzene rings is 1. The molecule has 0 amide bonds. The highest BCUT2D eigenvalue weighted by atomic mass is 19.1. The molecule has 0 aliphatic carbocycles. The minimum Gasteiger partial charge on any atom is -0.365 e. The fraction of sp³-hybridized carbons (Fsp3) is 0.333. The predicted octanol–water partition coefficient (Wildman–Crippen LogP) is 2.44. The molecular weight excluding hydrogens is 219 g/mol. The van der Waals surface area contributed by atoms with Crippen LogP contribution in [0.15, 0.2) is 30.5 Å². The number of aromatic nitrogens is 3. The molecule has 1 aromatic heterocycles. The molecule has 90 valence electrons. The van der Waals surface area contributed by atoms with Crippen molar-refractivity contribution in [2.24, 2.45) is 0 Å². The van der Waals surface area contributed by atoms with Gasteiger partial charge < -0.3 is 5.32 Å². The molecule has 4 nitrogen and oxygen atoms in total. The molecule has 0 aliphatic heterocycles. The molecule has 1 aromatic carbocycles. The Balaban J connectivity index is 1.97. The number of nitrogens with one attached hydrogen (secondary N) is 1. The normalized spacial score (nSPS) is 10.5. The molecule has 1 N–H and O–H groups in total. The maximum Gasteiger partial charge on any atom is 0.145 e. The van der Waals surface area contributed by atoms with Crippen LogP contribution in [0.2, 0.25) is 0 Å². The van der Waals surface area contributed by atoms with E-state index in [1.54, 1.807) is 18.3 Å².